The third kappa shape index (κ3) is 1.81. The average molecular weight is 249 g/mol. The van der Waals surface area contributed by atoms with Crippen LogP contribution in [0.15, 0.2) is 12.3 Å². The van der Waals surface area contributed by atoms with E-state index in [1.54, 1.807) is 0 Å². The van der Waals surface area contributed by atoms with E-state index in [4.69, 9.17) is 14.0 Å². The molecule has 0 aromatic carbocycles. The van der Waals surface area contributed by atoms with Crippen LogP contribution in [-0.4, -0.2) is 29.5 Å². The molecule has 5 heteroatoms. The molecule has 0 saturated carbocycles. The zero-order valence-electron chi connectivity index (χ0n) is 11.5. The molecule has 0 aliphatic carbocycles. The number of hydrogen-bond donors (Lipinski definition) is 0. The van der Waals surface area contributed by atoms with Crippen molar-refractivity contribution in [3.05, 3.63) is 18.0 Å². The molecule has 4 nitrogen and oxygen atoms in total. The van der Waals surface area contributed by atoms with Crippen molar-refractivity contribution in [2.45, 2.75) is 52.0 Å². The number of fused-ring (bicyclic) bond motifs is 1. The van der Waals surface area contributed by atoms with Crippen molar-refractivity contribution >= 4 is 12.6 Å². The zero-order valence-corrected chi connectivity index (χ0v) is 11.5. The Morgan fingerprint density at radius 3 is 2.44 bits per heavy atom. The second-order valence-electron chi connectivity index (χ2n) is 6.10. The molecule has 2 aliphatic heterocycles. The Balaban J connectivity index is 1.87. The minimum absolute atomic E-state index is 0.270. The van der Waals surface area contributed by atoms with Gasteiger partial charge in [-0.15, -0.1) is 0 Å². The molecule has 3 rings (SSSR count). The third-order valence-electron chi connectivity index (χ3n) is 4.26. The lowest BCUT2D eigenvalue weighted by Crippen LogP contribution is -2.41. The Morgan fingerprint density at radius 1 is 1.17 bits per heavy atom. The Labute approximate surface area is 108 Å². The van der Waals surface area contributed by atoms with Gasteiger partial charge in [0.25, 0.3) is 0 Å². The predicted octanol–water partition coefficient (Wildman–Crippen LogP) is 1.32. The van der Waals surface area contributed by atoms with Crippen LogP contribution in [0.4, 0.5) is 0 Å². The van der Waals surface area contributed by atoms with Crippen LogP contribution in [0.3, 0.4) is 0 Å². The lowest BCUT2D eigenvalue weighted by molar-refractivity contribution is 0.00578. The summed E-state index contributed by atoms with van der Waals surface area (Å²) in [7, 11) is -0.270. The van der Waals surface area contributed by atoms with E-state index in [0.717, 1.165) is 18.6 Å². The molecule has 0 atom stereocenters. The van der Waals surface area contributed by atoms with Crippen LogP contribution >= 0.6 is 0 Å². The maximum absolute atomic E-state index is 6.05. The van der Waals surface area contributed by atoms with Crippen molar-refractivity contribution in [3.63, 3.8) is 0 Å². The van der Waals surface area contributed by atoms with Gasteiger partial charge in [0, 0.05) is 23.9 Å². The number of ether oxygens (including phenoxy) is 1. The smallest absolute Gasteiger partial charge is 0.399 e. The van der Waals surface area contributed by atoms with Gasteiger partial charge in [0.1, 0.15) is 0 Å². The average Bonchev–Trinajstić information content (AvgIpc) is 2.78. The summed E-state index contributed by atoms with van der Waals surface area (Å²) >= 11 is 0. The van der Waals surface area contributed by atoms with Gasteiger partial charge in [0.15, 0.2) is 0 Å². The van der Waals surface area contributed by atoms with E-state index in [0.29, 0.717) is 6.61 Å². The first-order valence-corrected chi connectivity index (χ1v) is 6.51. The molecule has 1 fully saturated rings. The van der Waals surface area contributed by atoms with Gasteiger partial charge in [-0.3, -0.25) is 0 Å². The molecule has 0 spiro atoms. The predicted molar refractivity (Wildman–Crippen MR) is 69.8 cm³/mol. The highest BCUT2D eigenvalue weighted by molar-refractivity contribution is 6.62. The summed E-state index contributed by atoms with van der Waals surface area (Å²) in [4.78, 5) is 0. The lowest BCUT2D eigenvalue weighted by Gasteiger charge is -2.32. The second-order valence-corrected chi connectivity index (χ2v) is 6.10. The highest BCUT2D eigenvalue weighted by atomic mass is 16.7. The normalized spacial score (nSPS) is 25.2. The topological polar surface area (TPSA) is 32.6 Å². The van der Waals surface area contributed by atoms with E-state index in [1.807, 2.05) is 0 Å². The minimum Gasteiger partial charge on any atom is -0.399 e. The second kappa shape index (κ2) is 3.86. The maximum atomic E-state index is 6.05. The highest BCUT2D eigenvalue weighted by Crippen LogP contribution is 2.36. The summed E-state index contributed by atoms with van der Waals surface area (Å²) in [6.45, 7) is 10.7. The van der Waals surface area contributed by atoms with Gasteiger partial charge in [0.05, 0.1) is 24.4 Å². The molecule has 98 valence electrons. The van der Waals surface area contributed by atoms with Crippen molar-refractivity contribution < 1.29 is 14.0 Å². The summed E-state index contributed by atoms with van der Waals surface area (Å²) in [5, 5.41) is 0. The lowest BCUT2D eigenvalue weighted by atomic mass is 9.81. The first kappa shape index (κ1) is 12.3. The van der Waals surface area contributed by atoms with E-state index >= 15 is 0 Å². The summed E-state index contributed by atoms with van der Waals surface area (Å²) in [5.74, 6) is 0. The molecule has 0 N–H and O–H groups in total. The summed E-state index contributed by atoms with van der Waals surface area (Å²) in [6, 6.07) is 2.13. The first-order chi connectivity index (χ1) is 8.39. The van der Waals surface area contributed by atoms with Crippen molar-refractivity contribution in [2.75, 3.05) is 6.61 Å². The van der Waals surface area contributed by atoms with E-state index in [-0.39, 0.29) is 18.3 Å². The molecule has 0 amide bonds. The molecular formula is C13H20BNO3. The molecule has 1 aromatic heterocycles. The fourth-order valence-electron chi connectivity index (χ4n) is 2.36. The van der Waals surface area contributed by atoms with E-state index in [1.165, 1.54) is 5.69 Å². The Kier molecular flexibility index (Phi) is 2.63. The minimum atomic E-state index is -0.281. The zero-order chi connectivity index (χ0) is 13.0. The molecule has 3 heterocycles. The molecule has 18 heavy (non-hydrogen) atoms. The van der Waals surface area contributed by atoms with Crippen molar-refractivity contribution in [1.29, 1.82) is 0 Å². The van der Waals surface area contributed by atoms with E-state index < -0.39 is 0 Å². The number of nitrogens with zero attached hydrogens (tertiary/aromatic N) is 1. The van der Waals surface area contributed by atoms with Gasteiger partial charge in [-0.1, -0.05) is 0 Å². The molecule has 0 radical (unpaired) electrons. The summed E-state index contributed by atoms with van der Waals surface area (Å²) in [6.07, 6.45) is 2.12. The van der Waals surface area contributed by atoms with Gasteiger partial charge in [-0.05, 0) is 33.8 Å². The number of rotatable bonds is 1. The number of hydrogen-bond acceptors (Lipinski definition) is 3. The largest absolute Gasteiger partial charge is 0.496 e. The SMILES string of the molecule is CC1(C)OB(c2cc3n(c2)CCOC3)OC1(C)C. The Morgan fingerprint density at radius 2 is 1.83 bits per heavy atom. The fourth-order valence-corrected chi connectivity index (χ4v) is 2.36. The quantitative estimate of drug-likeness (QED) is 0.703. The maximum Gasteiger partial charge on any atom is 0.496 e. The fraction of sp³-hybridized carbons (Fsp3) is 0.692. The van der Waals surface area contributed by atoms with Crippen LogP contribution in [0.25, 0.3) is 0 Å². The molecule has 1 aromatic rings. The van der Waals surface area contributed by atoms with Crippen LogP contribution in [0.5, 0.6) is 0 Å². The Bertz CT molecular complexity index is 427. The van der Waals surface area contributed by atoms with Gasteiger partial charge in [-0.25, -0.2) is 0 Å². The third-order valence-corrected chi connectivity index (χ3v) is 4.26. The van der Waals surface area contributed by atoms with E-state index in [9.17, 15) is 0 Å². The van der Waals surface area contributed by atoms with Crippen LogP contribution in [0.2, 0.25) is 0 Å². The van der Waals surface area contributed by atoms with Crippen LogP contribution in [-0.2, 0) is 27.2 Å². The van der Waals surface area contributed by atoms with Gasteiger partial charge >= 0.3 is 7.12 Å². The van der Waals surface area contributed by atoms with Crippen LogP contribution in [0.1, 0.15) is 33.4 Å². The van der Waals surface area contributed by atoms with Crippen LogP contribution in [0, 0.1) is 0 Å². The van der Waals surface area contributed by atoms with Gasteiger partial charge in [0.2, 0.25) is 0 Å². The van der Waals surface area contributed by atoms with Crippen molar-refractivity contribution in [1.82, 2.24) is 4.57 Å². The summed E-state index contributed by atoms with van der Waals surface area (Å²) in [5.41, 5.74) is 1.73. The van der Waals surface area contributed by atoms with Crippen molar-refractivity contribution in [2.24, 2.45) is 0 Å². The molecule has 2 aliphatic rings. The van der Waals surface area contributed by atoms with E-state index in [2.05, 4.69) is 44.5 Å². The standard InChI is InChI=1S/C13H20BNO3/c1-12(2)13(3,4)18-14(17-12)10-7-11-9-16-6-5-15(11)8-10/h7-8H,5-6,9H2,1-4H3. The van der Waals surface area contributed by atoms with Gasteiger partial charge < -0.3 is 18.6 Å². The number of aromatic nitrogens is 1. The molecule has 0 bridgehead atoms. The molecular weight excluding hydrogens is 229 g/mol. The van der Waals surface area contributed by atoms with Crippen molar-refractivity contribution in [3.8, 4) is 0 Å². The van der Waals surface area contributed by atoms with Gasteiger partial charge in [-0.2, -0.15) is 0 Å². The Hall–Kier alpha value is -0.775. The molecule has 1 saturated heterocycles. The summed E-state index contributed by atoms with van der Waals surface area (Å²) < 4.78 is 19.8. The molecule has 0 unspecified atom stereocenters. The highest BCUT2D eigenvalue weighted by Gasteiger charge is 2.52. The van der Waals surface area contributed by atoms with Crippen LogP contribution < -0.4 is 5.46 Å². The first-order valence-electron chi connectivity index (χ1n) is 6.51. The monoisotopic (exact) mass is 249 g/mol.